The molecule has 0 unspecified atom stereocenters. The number of allylic oxidation sites excluding steroid dienone is 1. The van der Waals surface area contributed by atoms with Gasteiger partial charge in [0.2, 0.25) is 0 Å². The first-order chi connectivity index (χ1) is 2.27. The Morgan fingerprint density at radius 2 is 2.00 bits per heavy atom. The maximum absolute atomic E-state index is 7.79. The number of rotatable bonds is 0. The molecule has 0 aromatic carbocycles. The second kappa shape index (κ2) is 4.85. The molecule has 0 aliphatic carbocycles. The molecule has 0 heterocycles. The molecule has 0 aromatic heterocycles. The van der Waals surface area contributed by atoms with E-state index in [0.29, 0.717) is 5.57 Å². The van der Waals surface area contributed by atoms with E-state index in [0.717, 1.165) is 0 Å². The molecule has 1 nitrogen and oxygen atoms in total. The molecule has 0 aromatic rings. The fourth-order valence-corrected chi connectivity index (χ4v) is 0. The van der Waals surface area contributed by atoms with Gasteiger partial charge in [0, 0.05) is 25.1 Å². The minimum absolute atomic E-state index is 0. The largest absolute Gasteiger partial charge is 0.193 e. The van der Waals surface area contributed by atoms with E-state index in [1.54, 1.807) is 6.92 Å². The van der Waals surface area contributed by atoms with Gasteiger partial charge in [-0.1, -0.05) is 6.58 Å². The Labute approximate surface area is 50.4 Å². The molecular formula is C4H5NRu. The van der Waals surface area contributed by atoms with Crippen LogP contribution in [0.2, 0.25) is 0 Å². The van der Waals surface area contributed by atoms with Crippen molar-refractivity contribution in [2.75, 3.05) is 0 Å². The molecule has 0 amide bonds. The van der Waals surface area contributed by atoms with Crippen molar-refractivity contribution in [3.8, 4) is 6.07 Å². The van der Waals surface area contributed by atoms with Crippen LogP contribution in [-0.2, 0) is 19.5 Å². The molecule has 34 valence electrons. The first-order valence-electron chi connectivity index (χ1n) is 1.33. The first-order valence-corrected chi connectivity index (χ1v) is 1.33. The molecule has 0 N–H and O–H groups in total. The molecule has 0 atom stereocenters. The van der Waals surface area contributed by atoms with Crippen molar-refractivity contribution in [1.82, 2.24) is 0 Å². The molecule has 0 aliphatic rings. The molecule has 0 fully saturated rings. The van der Waals surface area contributed by atoms with Crippen LogP contribution in [0.25, 0.3) is 0 Å². The van der Waals surface area contributed by atoms with E-state index in [1.807, 2.05) is 6.07 Å². The van der Waals surface area contributed by atoms with E-state index >= 15 is 0 Å². The van der Waals surface area contributed by atoms with Crippen LogP contribution in [0, 0.1) is 11.3 Å². The Kier molecular flexibility index (Phi) is 7.51. The van der Waals surface area contributed by atoms with Crippen molar-refractivity contribution in [3.05, 3.63) is 12.2 Å². The minimum atomic E-state index is 0. The van der Waals surface area contributed by atoms with Crippen LogP contribution in [-0.4, -0.2) is 0 Å². The summed E-state index contributed by atoms with van der Waals surface area (Å²) in [5, 5.41) is 7.79. The van der Waals surface area contributed by atoms with Crippen LogP contribution in [0.15, 0.2) is 12.2 Å². The third kappa shape index (κ3) is 9.13. The fraction of sp³-hybridized carbons (Fsp3) is 0.250. The van der Waals surface area contributed by atoms with Crippen LogP contribution < -0.4 is 0 Å². The van der Waals surface area contributed by atoms with Crippen molar-refractivity contribution in [3.63, 3.8) is 0 Å². The van der Waals surface area contributed by atoms with Crippen molar-refractivity contribution in [1.29, 1.82) is 5.26 Å². The summed E-state index contributed by atoms with van der Waals surface area (Å²) in [6.07, 6.45) is 0. The topological polar surface area (TPSA) is 23.8 Å². The Morgan fingerprint density at radius 3 is 2.00 bits per heavy atom. The maximum atomic E-state index is 7.79. The monoisotopic (exact) mass is 169 g/mol. The van der Waals surface area contributed by atoms with Gasteiger partial charge in [-0.15, -0.1) is 0 Å². The molecule has 0 radical (unpaired) electrons. The number of nitrogens with zero attached hydrogens (tertiary/aromatic N) is 1. The van der Waals surface area contributed by atoms with Crippen LogP contribution in [0.5, 0.6) is 0 Å². The van der Waals surface area contributed by atoms with Gasteiger partial charge in [-0.3, -0.25) is 0 Å². The van der Waals surface area contributed by atoms with Gasteiger partial charge in [-0.25, -0.2) is 0 Å². The summed E-state index contributed by atoms with van der Waals surface area (Å²) >= 11 is 0. The van der Waals surface area contributed by atoms with Crippen LogP contribution in [0.4, 0.5) is 0 Å². The molecule has 6 heavy (non-hydrogen) atoms. The number of hydrogen-bond acceptors (Lipinski definition) is 1. The predicted molar refractivity (Wildman–Crippen MR) is 20.4 cm³/mol. The Hall–Kier alpha value is -0.147. The second-order valence-corrected chi connectivity index (χ2v) is 0.892. The van der Waals surface area contributed by atoms with Crippen LogP contribution in [0.1, 0.15) is 6.92 Å². The zero-order valence-corrected chi connectivity index (χ0v) is 5.25. The molecule has 0 rings (SSSR count). The quantitative estimate of drug-likeness (QED) is 0.392. The van der Waals surface area contributed by atoms with Gasteiger partial charge in [0.25, 0.3) is 0 Å². The molecule has 0 saturated heterocycles. The van der Waals surface area contributed by atoms with Crippen molar-refractivity contribution >= 4 is 0 Å². The van der Waals surface area contributed by atoms with Crippen molar-refractivity contribution in [2.45, 2.75) is 6.92 Å². The van der Waals surface area contributed by atoms with E-state index in [4.69, 9.17) is 5.26 Å². The Morgan fingerprint density at radius 1 is 1.83 bits per heavy atom. The van der Waals surface area contributed by atoms with Crippen LogP contribution >= 0.6 is 0 Å². The summed E-state index contributed by atoms with van der Waals surface area (Å²) in [7, 11) is 0. The third-order valence-corrected chi connectivity index (χ3v) is 0.191. The predicted octanol–water partition coefficient (Wildman–Crippen LogP) is 1.08. The molecule has 0 bridgehead atoms. The minimum Gasteiger partial charge on any atom is -0.193 e. The molecular weight excluding hydrogens is 163 g/mol. The summed E-state index contributed by atoms with van der Waals surface area (Å²) < 4.78 is 0. The van der Waals surface area contributed by atoms with E-state index in [9.17, 15) is 0 Å². The van der Waals surface area contributed by atoms with Gasteiger partial charge in [-0.05, 0) is 6.92 Å². The van der Waals surface area contributed by atoms with Gasteiger partial charge >= 0.3 is 0 Å². The van der Waals surface area contributed by atoms with E-state index in [2.05, 4.69) is 6.58 Å². The van der Waals surface area contributed by atoms with Gasteiger partial charge in [0.15, 0.2) is 0 Å². The van der Waals surface area contributed by atoms with Gasteiger partial charge in [0.1, 0.15) is 0 Å². The standard InChI is InChI=1S/C4H5N.Ru/c1-4(2)3-5;/h1H2,2H3;. The van der Waals surface area contributed by atoms with E-state index in [-0.39, 0.29) is 19.5 Å². The summed E-state index contributed by atoms with van der Waals surface area (Å²) in [4.78, 5) is 0. The number of hydrogen-bond donors (Lipinski definition) is 0. The summed E-state index contributed by atoms with van der Waals surface area (Å²) in [5.41, 5.74) is 0.560. The van der Waals surface area contributed by atoms with Gasteiger partial charge < -0.3 is 0 Å². The van der Waals surface area contributed by atoms with Crippen molar-refractivity contribution < 1.29 is 19.5 Å². The Bertz CT molecular complexity index is 80.0. The third-order valence-electron chi connectivity index (χ3n) is 0.191. The molecule has 0 spiro atoms. The second-order valence-electron chi connectivity index (χ2n) is 0.892. The SMILES string of the molecule is C=C(C)C#N.[Ru]. The number of nitriles is 1. The molecule has 0 saturated carbocycles. The fourth-order valence-electron chi connectivity index (χ4n) is 0. The normalized spacial score (nSPS) is 4.67. The summed E-state index contributed by atoms with van der Waals surface area (Å²) in [6, 6.07) is 1.83. The Balaban J connectivity index is 0. The zero-order chi connectivity index (χ0) is 4.28. The zero-order valence-electron chi connectivity index (χ0n) is 3.51. The van der Waals surface area contributed by atoms with Crippen LogP contribution in [0.3, 0.4) is 0 Å². The molecule has 2 heteroatoms. The van der Waals surface area contributed by atoms with Crippen molar-refractivity contribution in [2.24, 2.45) is 0 Å². The average molecular weight is 168 g/mol. The smallest absolute Gasteiger partial charge is 0.0937 e. The maximum Gasteiger partial charge on any atom is 0.0937 e. The van der Waals surface area contributed by atoms with E-state index in [1.165, 1.54) is 0 Å². The summed E-state index contributed by atoms with van der Waals surface area (Å²) in [6.45, 7) is 4.98. The first kappa shape index (κ1) is 9.29. The van der Waals surface area contributed by atoms with Gasteiger partial charge in [0.05, 0.1) is 6.07 Å². The average Bonchev–Trinajstić information content (AvgIpc) is 1.38. The molecule has 0 aliphatic heterocycles. The van der Waals surface area contributed by atoms with E-state index < -0.39 is 0 Å². The van der Waals surface area contributed by atoms with Gasteiger partial charge in [-0.2, -0.15) is 5.26 Å². The summed E-state index contributed by atoms with van der Waals surface area (Å²) in [5.74, 6) is 0.